The maximum atomic E-state index is 14.2. The molecule has 2 heterocycles. The van der Waals surface area contributed by atoms with E-state index < -0.39 is 0 Å². The first-order valence-corrected chi connectivity index (χ1v) is 11.8. The molecule has 178 valence electrons. The van der Waals surface area contributed by atoms with Crippen LogP contribution in [0.5, 0.6) is 5.75 Å². The lowest BCUT2D eigenvalue weighted by molar-refractivity contribution is -0.118. The lowest BCUT2D eigenvalue weighted by Crippen LogP contribution is -2.39. The smallest absolute Gasteiger partial charge is 0.233 e. The van der Waals surface area contributed by atoms with E-state index in [1.54, 1.807) is 11.0 Å². The summed E-state index contributed by atoms with van der Waals surface area (Å²) in [5, 5.41) is 0.544. The molecular formula is C24H29ClFN3O3S. The van der Waals surface area contributed by atoms with E-state index in [0.717, 1.165) is 55.3 Å². The number of halogens is 2. The van der Waals surface area contributed by atoms with E-state index in [1.165, 1.54) is 17.4 Å². The molecule has 1 fully saturated rings. The van der Waals surface area contributed by atoms with Crippen LogP contribution in [0, 0.1) is 5.82 Å². The average Bonchev–Trinajstić information content (AvgIpc) is 3.24. The summed E-state index contributed by atoms with van der Waals surface area (Å²) in [4.78, 5) is 21.8. The van der Waals surface area contributed by atoms with Crippen LogP contribution >= 0.6 is 23.7 Å². The molecule has 1 aliphatic heterocycles. The molecule has 0 saturated carbocycles. The highest BCUT2D eigenvalue weighted by Crippen LogP contribution is 2.31. The molecule has 9 heteroatoms. The summed E-state index contributed by atoms with van der Waals surface area (Å²) in [6.45, 7) is 7.27. The number of ether oxygens (including phenoxy) is 2. The third-order valence-corrected chi connectivity index (χ3v) is 6.48. The fraction of sp³-hybridized carbons (Fsp3) is 0.417. The quantitative estimate of drug-likeness (QED) is 0.437. The molecule has 3 aromatic rings. The van der Waals surface area contributed by atoms with Crippen molar-refractivity contribution in [1.29, 1.82) is 0 Å². The summed E-state index contributed by atoms with van der Waals surface area (Å²) in [5.74, 6) is 0.376. The van der Waals surface area contributed by atoms with E-state index in [9.17, 15) is 9.18 Å². The van der Waals surface area contributed by atoms with Gasteiger partial charge in [-0.15, -0.1) is 12.4 Å². The van der Waals surface area contributed by atoms with Crippen LogP contribution < -0.4 is 9.64 Å². The standard InChI is InChI=1S/C24H28FN3O3S.ClH/c1-2-31-19-9-7-18(8-10-19)17-22(29)28(12-4-11-27-13-15-30-16-14-27)24-26-23-20(25)5-3-6-21(23)32-24;/h3,5-10H,2,4,11-17H2,1H3;1H. The second-order valence-electron chi connectivity index (χ2n) is 7.69. The van der Waals surface area contributed by atoms with Crippen molar-refractivity contribution in [3.63, 3.8) is 0 Å². The Balaban J connectivity index is 0.00000306. The Morgan fingerprint density at radius 3 is 2.67 bits per heavy atom. The normalized spacial score (nSPS) is 14.1. The predicted molar refractivity (Wildman–Crippen MR) is 132 cm³/mol. The Morgan fingerprint density at radius 1 is 1.21 bits per heavy atom. The number of thiazole rings is 1. The summed E-state index contributed by atoms with van der Waals surface area (Å²) >= 11 is 1.35. The summed E-state index contributed by atoms with van der Waals surface area (Å²) in [6.07, 6.45) is 1.07. The number of para-hydroxylation sites is 1. The number of amides is 1. The van der Waals surface area contributed by atoms with Crippen LogP contribution in [0.3, 0.4) is 0 Å². The molecular weight excluding hydrogens is 465 g/mol. The molecule has 2 aromatic carbocycles. The van der Waals surface area contributed by atoms with Gasteiger partial charge in [-0.2, -0.15) is 0 Å². The summed E-state index contributed by atoms with van der Waals surface area (Å²) in [7, 11) is 0. The lowest BCUT2D eigenvalue weighted by Gasteiger charge is -2.27. The summed E-state index contributed by atoms with van der Waals surface area (Å²) in [6, 6.07) is 12.5. The minimum absolute atomic E-state index is 0. The number of rotatable bonds is 9. The molecule has 0 bridgehead atoms. The van der Waals surface area contributed by atoms with Crippen LogP contribution in [0.1, 0.15) is 18.9 Å². The highest BCUT2D eigenvalue weighted by Gasteiger charge is 2.21. The van der Waals surface area contributed by atoms with Gasteiger partial charge in [0, 0.05) is 26.2 Å². The zero-order chi connectivity index (χ0) is 22.3. The van der Waals surface area contributed by atoms with Crippen molar-refractivity contribution < 1.29 is 18.7 Å². The van der Waals surface area contributed by atoms with Crippen molar-refractivity contribution in [2.75, 3.05) is 50.9 Å². The maximum absolute atomic E-state index is 14.2. The number of benzene rings is 2. The Morgan fingerprint density at radius 2 is 1.97 bits per heavy atom. The van der Waals surface area contributed by atoms with Crippen molar-refractivity contribution >= 4 is 45.0 Å². The van der Waals surface area contributed by atoms with Crippen LogP contribution in [0.4, 0.5) is 9.52 Å². The van der Waals surface area contributed by atoms with Crippen LogP contribution in [0.25, 0.3) is 10.2 Å². The molecule has 0 spiro atoms. The monoisotopic (exact) mass is 493 g/mol. The summed E-state index contributed by atoms with van der Waals surface area (Å²) < 4.78 is 25.9. The molecule has 1 amide bonds. The van der Waals surface area contributed by atoms with E-state index in [4.69, 9.17) is 9.47 Å². The number of anilines is 1. The first-order valence-electron chi connectivity index (χ1n) is 11.0. The number of nitrogens with zero attached hydrogens (tertiary/aromatic N) is 3. The van der Waals surface area contributed by atoms with Crippen molar-refractivity contribution in [1.82, 2.24) is 9.88 Å². The van der Waals surface area contributed by atoms with E-state index in [0.29, 0.717) is 23.8 Å². The second-order valence-corrected chi connectivity index (χ2v) is 8.70. The molecule has 0 aliphatic carbocycles. The molecule has 0 unspecified atom stereocenters. The molecule has 0 atom stereocenters. The number of hydrogen-bond donors (Lipinski definition) is 0. The first-order chi connectivity index (χ1) is 15.6. The third-order valence-electron chi connectivity index (χ3n) is 5.44. The van der Waals surface area contributed by atoms with E-state index in [1.807, 2.05) is 37.3 Å². The first kappa shape index (κ1) is 25.4. The maximum Gasteiger partial charge on any atom is 0.233 e. The highest BCUT2D eigenvalue weighted by molar-refractivity contribution is 7.22. The average molecular weight is 494 g/mol. The number of aromatic nitrogens is 1. The fourth-order valence-electron chi connectivity index (χ4n) is 3.76. The Kier molecular flexibility index (Phi) is 9.43. The predicted octanol–water partition coefficient (Wildman–Crippen LogP) is 4.55. The van der Waals surface area contributed by atoms with E-state index >= 15 is 0 Å². The van der Waals surface area contributed by atoms with Crippen molar-refractivity contribution in [3.8, 4) is 5.75 Å². The zero-order valence-electron chi connectivity index (χ0n) is 18.7. The van der Waals surface area contributed by atoms with Crippen LogP contribution in [0.2, 0.25) is 0 Å². The van der Waals surface area contributed by atoms with Gasteiger partial charge in [-0.3, -0.25) is 14.6 Å². The minimum atomic E-state index is -0.364. The number of morpholine rings is 1. The van der Waals surface area contributed by atoms with E-state index in [2.05, 4.69) is 9.88 Å². The minimum Gasteiger partial charge on any atom is -0.494 e. The van der Waals surface area contributed by atoms with Gasteiger partial charge in [0.2, 0.25) is 5.91 Å². The molecule has 0 radical (unpaired) electrons. The number of carbonyl (C=O) groups excluding carboxylic acids is 1. The Hall–Kier alpha value is -2.26. The van der Waals surface area contributed by atoms with Gasteiger partial charge in [-0.25, -0.2) is 9.37 Å². The number of hydrogen-bond acceptors (Lipinski definition) is 6. The van der Waals surface area contributed by atoms with Crippen molar-refractivity contribution in [2.45, 2.75) is 19.8 Å². The Bertz CT molecular complexity index is 1040. The molecule has 1 aliphatic rings. The van der Waals surface area contributed by atoms with Crippen molar-refractivity contribution in [2.24, 2.45) is 0 Å². The lowest BCUT2D eigenvalue weighted by atomic mass is 10.1. The SMILES string of the molecule is CCOc1ccc(CC(=O)N(CCCN2CCOCC2)c2nc3c(F)cccc3s2)cc1.Cl. The topological polar surface area (TPSA) is 54.9 Å². The van der Waals surface area contributed by atoms with Crippen molar-refractivity contribution in [3.05, 3.63) is 53.8 Å². The van der Waals surface area contributed by atoms with Gasteiger partial charge in [0.15, 0.2) is 5.13 Å². The van der Waals surface area contributed by atoms with Gasteiger partial charge < -0.3 is 9.47 Å². The van der Waals surface area contributed by atoms with Gasteiger partial charge in [0.1, 0.15) is 17.1 Å². The second kappa shape index (κ2) is 12.3. The van der Waals surface area contributed by atoms with E-state index in [-0.39, 0.29) is 30.6 Å². The van der Waals surface area contributed by atoms with Crippen LogP contribution in [-0.4, -0.2) is 61.8 Å². The largest absolute Gasteiger partial charge is 0.494 e. The zero-order valence-corrected chi connectivity index (χ0v) is 20.3. The number of carbonyl (C=O) groups is 1. The number of fused-ring (bicyclic) bond motifs is 1. The van der Waals surface area contributed by atoms with Gasteiger partial charge >= 0.3 is 0 Å². The fourth-order valence-corrected chi connectivity index (χ4v) is 4.79. The van der Waals surface area contributed by atoms with Gasteiger partial charge in [0.05, 0.1) is 30.9 Å². The third kappa shape index (κ3) is 6.63. The molecule has 4 rings (SSSR count). The Labute approximate surface area is 203 Å². The van der Waals surface area contributed by atoms with Gasteiger partial charge in [0.25, 0.3) is 0 Å². The molecule has 6 nitrogen and oxygen atoms in total. The van der Waals surface area contributed by atoms with Gasteiger partial charge in [-0.05, 0) is 43.2 Å². The van der Waals surface area contributed by atoms with Crippen LogP contribution in [-0.2, 0) is 16.0 Å². The summed E-state index contributed by atoms with van der Waals surface area (Å²) in [5.41, 5.74) is 1.23. The molecule has 1 saturated heterocycles. The van der Waals surface area contributed by atoms with Crippen LogP contribution in [0.15, 0.2) is 42.5 Å². The molecule has 1 aromatic heterocycles. The molecule has 33 heavy (non-hydrogen) atoms. The highest BCUT2D eigenvalue weighted by atomic mass is 35.5. The molecule has 0 N–H and O–H groups in total. The van der Waals surface area contributed by atoms with Gasteiger partial charge in [-0.1, -0.05) is 29.5 Å².